The Balaban J connectivity index is 2.45. The van der Waals surface area contributed by atoms with Crippen molar-refractivity contribution in [1.29, 1.82) is 0 Å². The molecule has 0 unspecified atom stereocenters. The third-order valence-corrected chi connectivity index (χ3v) is 3.44. The molecular weight excluding hydrogens is 234 g/mol. The van der Waals surface area contributed by atoms with Crippen LogP contribution in [0.25, 0.3) is 11.3 Å². The molecule has 0 atom stereocenters. The normalized spacial score (nSPS) is 11.2. The summed E-state index contributed by atoms with van der Waals surface area (Å²) >= 11 is 0. The van der Waals surface area contributed by atoms with E-state index >= 15 is 0 Å². The Labute approximate surface area is 115 Å². The first-order valence-electron chi connectivity index (χ1n) is 6.93. The van der Waals surface area contributed by atoms with Gasteiger partial charge in [-0.2, -0.15) is 5.10 Å². The summed E-state index contributed by atoms with van der Waals surface area (Å²) in [7, 11) is 1.91. The molecule has 0 saturated carbocycles. The van der Waals surface area contributed by atoms with Gasteiger partial charge in [0.05, 0.1) is 5.69 Å². The van der Waals surface area contributed by atoms with E-state index in [-0.39, 0.29) is 0 Å². The first-order valence-corrected chi connectivity index (χ1v) is 6.93. The summed E-state index contributed by atoms with van der Waals surface area (Å²) < 4.78 is 1.78. The maximum absolute atomic E-state index is 6.15. The number of nitrogens with zero attached hydrogens (tertiary/aromatic N) is 2. The molecule has 2 aromatic rings. The van der Waals surface area contributed by atoms with Crippen LogP contribution < -0.4 is 5.73 Å². The van der Waals surface area contributed by atoms with E-state index in [0.29, 0.717) is 5.92 Å². The molecule has 0 bridgehead atoms. The predicted molar refractivity (Wildman–Crippen MR) is 81.0 cm³/mol. The second-order valence-electron chi connectivity index (χ2n) is 5.48. The lowest BCUT2D eigenvalue weighted by atomic mass is 9.98. The molecule has 102 valence electrons. The van der Waals surface area contributed by atoms with Crippen molar-refractivity contribution in [2.24, 2.45) is 13.0 Å². The molecule has 0 aliphatic rings. The van der Waals surface area contributed by atoms with Crippen molar-refractivity contribution >= 4 is 5.82 Å². The Morgan fingerprint density at radius 3 is 2.37 bits per heavy atom. The zero-order valence-corrected chi connectivity index (χ0v) is 12.3. The molecule has 1 aromatic carbocycles. The Hall–Kier alpha value is -1.77. The summed E-state index contributed by atoms with van der Waals surface area (Å²) in [5.74, 6) is 1.35. The van der Waals surface area contributed by atoms with Crippen LogP contribution in [-0.2, 0) is 19.9 Å². The highest BCUT2D eigenvalue weighted by molar-refractivity contribution is 5.68. The van der Waals surface area contributed by atoms with Crippen molar-refractivity contribution < 1.29 is 0 Å². The number of nitrogen functional groups attached to an aromatic ring is 1. The second kappa shape index (κ2) is 5.47. The van der Waals surface area contributed by atoms with E-state index < -0.39 is 0 Å². The van der Waals surface area contributed by atoms with Gasteiger partial charge in [0.1, 0.15) is 5.82 Å². The molecule has 0 radical (unpaired) electrons. The van der Waals surface area contributed by atoms with Crippen molar-refractivity contribution in [3.05, 3.63) is 35.4 Å². The number of hydrogen-bond donors (Lipinski definition) is 1. The van der Waals surface area contributed by atoms with Gasteiger partial charge in [-0.1, -0.05) is 45.0 Å². The van der Waals surface area contributed by atoms with Gasteiger partial charge in [0, 0.05) is 18.2 Å². The van der Waals surface area contributed by atoms with Crippen LogP contribution in [0.5, 0.6) is 0 Å². The van der Waals surface area contributed by atoms with Gasteiger partial charge in [-0.15, -0.1) is 0 Å². The highest BCUT2D eigenvalue weighted by Crippen LogP contribution is 2.29. The molecule has 0 fully saturated rings. The molecule has 2 N–H and O–H groups in total. The number of hydrogen-bond acceptors (Lipinski definition) is 2. The van der Waals surface area contributed by atoms with Gasteiger partial charge in [-0.05, 0) is 24.3 Å². The number of aromatic nitrogens is 2. The molecule has 2 rings (SSSR count). The topological polar surface area (TPSA) is 43.8 Å². The number of aryl methyl sites for hydroxylation is 2. The van der Waals surface area contributed by atoms with Crippen LogP contribution in [0.1, 0.15) is 31.9 Å². The zero-order valence-electron chi connectivity index (χ0n) is 12.3. The molecule has 0 amide bonds. The summed E-state index contributed by atoms with van der Waals surface area (Å²) in [5, 5.41) is 4.58. The van der Waals surface area contributed by atoms with Gasteiger partial charge in [0.15, 0.2) is 0 Å². The Morgan fingerprint density at radius 1 is 1.21 bits per heavy atom. The molecule has 1 heterocycles. The van der Waals surface area contributed by atoms with Crippen molar-refractivity contribution in [3.8, 4) is 11.3 Å². The van der Waals surface area contributed by atoms with E-state index in [0.717, 1.165) is 29.9 Å². The number of nitrogens with two attached hydrogens (primary N) is 1. The van der Waals surface area contributed by atoms with Crippen LogP contribution >= 0.6 is 0 Å². The van der Waals surface area contributed by atoms with Crippen LogP contribution in [0, 0.1) is 5.92 Å². The Bertz CT molecular complexity index is 550. The minimum atomic E-state index is 0.570. The third kappa shape index (κ3) is 2.80. The molecule has 19 heavy (non-hydrogen) atoms. The van der Waals surface area contributed by atoms with Crippen molar-refractivity contribution in [3.63, 3.8) is 0 Å². The van der Waals surface area contributed by atoms with Crippen LogP contribution in [0.2, 0.25) is 0 Å². The van der Waals surface area contributed by atoms with Crippen molar-refractivity contribution in [2.75, 3.05) is 5.73 Å². The van der Waals surface area contributed by atoms with Crippen molar-refractivity contribution in [1.82, 2.24) is 9.78 Å². The van der Waals surface area contributed by atoms with Crippen LogP contribution in [0.4, 0.5) is 5.82 Å². The first-order chi connectivity index (χ1) is 9.02. The first kappa shape index (κ1) is 13.7. The van der Waals surface area contributed by atoms with Gasteiger partial charge in [0.25, 0.3) is 0 Å². The summed E-state index contributed by atoms with van der Waals surface area (Å²) in [6.07, 6.45) is 2.02. The number of benzene rings is 1. The lowest BCUT2D eigenvalue weighted by Gasteiger charge is -2.07. The average Bonchev–Trinajstić information content (AvgIpc) is 2.67. The summed E-state index contributed by atoms with van der Waals surface area (Å²) in [6, 6.07) is 8.62. The largest absolute Gasteiger partial charge is 0.384 e. The summed E-state index contributed by atoms with van der Waals surface area (Å²) in [4.78, 5) is 0. The smallest absolute Gasteiger partial charge is 0.125 e. The Kier molecular flexibility index (Phi) is 3.93. The van der Waals surface area contributed by atoms with E-state index in [1.165, 1.54) is 11.1 Å². The molecule has 0 aliphatic carbocycles. The lowest BCUT2D eigenvalue weighted by Crippen LogP contribution is -2.02. The number of rotatable bonds is 4. The highest BCUT2D eigenvalue weighted by Gasteiger charge is 2.16. The van der Waals surface area contributed by atoms with Gasteiger partial charge >= 0.3 is 0 Å². The van der Waals surface area contributed by atoms with Crippen LogP contribution in [0.3, 0.4) is 0 Å². The highest BCUT2D eigenvalue weighted by atomic mass is 15.3. The van der Waals surface area contributed by atoms with Crippen LogP contribution in [-0.4, -0.2) is 9.78 Å². The fraction of sp³-hybridized carbons (Fsp3) is 0.438. The molecule has 0 aliphatic heterocycles. The number of anilines is 1. The van der Waals surface area contributed by atoms with Gasteiger partial charge in [0.2, 0.25) is 0 Å². The molecule has 0 saturated heterocycles. The predicted octanol–water partition coefficient (Wildman–Crippen LogP) is 3.43. The Morgan fingerprint density at radius 2 is 1.84 bits per heavy atom. The van der Waals surface area contributed by atoms with Gasteiger partial charge in [-0.25, -0.2) is 0 Å². The monoisotopic (exact) mass is 257 g/mol. The van der Waals surface area contributed by atoms with E-state index in [2.05, 4.69) is 50.1 Å². The average molecular weight is 257 g/mol. The summed E-state index contributed by atoms with van der Waals surface area (Å²) in [5.41, 5.74) is 10.8. The van der Waals surface area contributed by atoms with E-state index in [1.807, 2.05) is 7.05 Å². The van der Waals surface area contributed by atoms with E-state index in [9.17, 15) is 0 Å². The lowest BCUT2D eigenvalue weighted by molar-refractivity contribution is 0.648. The molecule has 0 spiro atoms. The minimum Gasteiger partial charge on any atom is -0.384 e. The zero-order chi connectivity index (χ0) is 14.0. The quantitative estimate of drug-likeness (QED) is 0.912. The van der Waals surface area contributed by atoms with E-state index in [4.69, 9.17) is 5.73 Å². The molecule has 3 heteroatoms. The fourth-order valence-electron chi connectivity index (χ4n) is 2.32. The second-order valence-corrected chi connectivity index (χ2v) is 5.48. The van der Waals surface area contributed by atoms with E-state index in [1.54, 1.807) is 4.68 Å². The third-order valence-electron chi connectivity index (χ3n) is 3.44. The fourth-order valence-corrected chi connectivity index (χ4v) is 2.32. The SMILES string of the molecule is CCc1ccc(-c2nn(C)c(N)c2CC(C)C)cc1. The standard InChI is InChI=1S/C16H23N3/c1-5-12-6-8-13(9-7-12)15-14(10-11(2)3)16(17)19(4)18-15/h6-9,11H,5,10,17H2,1-4H3. The maximum atomic E-state index is 6.15. The molecule has 3 nitrogen and oxygen atoms in total. The van der Waals surface area contributed by atoms with Gasteiger partial charge in [-0.3, -0.25) is 4.68 Å². The van der Waals surface area contributed by atoms with Crippen molar-refractivity contribution in [2.45, 2.75) is 33.6 Å². The maximum Gasteiger partial charge on any atom is 0.125 e. The molecular formula is C16H23N3. The van der Waals surface area contributed by atoms with Crippen LogP contribution in [0.15, 0.2) is 24.3 Å². The van der Waals surface area contributed by atoms with Gasteiger partial charge < -0.3 is 5.73 Å². The summed E-state index contributed by atoms with van der Waals surface area (Å²) in [6.45, 7) is 6.57. The molecule has 1 aromatic heterocycles. The minimum absolute atomic E-state index is 0.570.